The Balaban J connectivity index is 1.71. The first-order chi connectivity index (χ1) is 21.3. The maximum atomic E-state index is 12.8. The molecule has 2 heterocycles. The van der Waals surface area contributed by atoms with Crippen molar-refractivity contribution in [1.82, 2.24) is 0 Å². The second-order valence-corrected chi connectivity index (χ2v) is 9.29. The molecular formula is C32H20N10O2. The Bertz CT molecular complexity index is 1810. The highest BCUT2D eigenvalue weighted by atomic mass is 16.1. The van der Waals surface area contributed by atoms with Crippen LogP contribution in [-0.2, 0) is 9.59 Å². The molecule has 0 spiro atoms. The third kappa shape index (κ3) is 4.88. The number of nitrogens with zero attached hydrogens (tertiary/aromatic N) is 10. The van der Waals surface area contributed by atoms with Gasteiger partial charge < -0.3 is 0 Å². The van der Waals surface area contributed by atoms with E-state index in [1.165, 1.54) is 33.7 Å². The third-order valence-corrected chi connectivity index (χ3v) is 6.51. The number of nitriles is 4. The molecule has 0 radical (unpaired) electrons. The van der Waals surface area contributed by atoms with Gasteiger partial charge in [-0.3, -0.25) is 19.4 Å². The van der Waals surface area contributed by atoms with Crippen molar-refractivity contribution >= 4 is 46.0 Å². The molecule has 12 nitrogen and oxygen atoms in total. The largest absolute Gasteiger partial charge is 0.291 e. The maximum absolute atomic E-state index is 12.8. The van der Waals surface area contributed by atoms with Gasteiger partial charge in [-0.2, -0.15) is 21.0 Å². The van der Waals surface area contributed by atoms with Crippen LogP contribution in [0.1, 0.15) is 13.8 Å². The molecule has 3 aromatic carbocycles. The first-order valence-corrected chi connectivity index (χ1v) is 13.0. The molecule has 12 heteroatoms. The summed E-state index contributed by atoms with van der Waals surface area (Å²) in [6.45, 7) is 2.65. The van der Waals surface area contributed by atoms with Crippen molar-refractivity contribution in [3.8, 4) is 24.3 Å². The summed E-state index contributed by atoms with van der Waals surface area (Å²) in [5, 5.41) is 51.2. The van der Waals surface area contributed by atoms with Crippen molar-refractivity contribution in [3.05, 3.63) is 108 Å². The Kier molecular flexibility index (Phi) is 7.67. The smallest absolute Gasteiger partial charge is 0.203 e. The summed E-state index contributed by atoms with van der Waals surface area (Å²) >= 11 is 0. The number of para-hydroxylation sites is 2. The van der Waals surface area contributed by atoms with Crippen LogP contribution in [0.25, 0.3) is 0 Å². The predicted octanol–water partition coefficient (Wildman–Crippen LogP) is 4.66. The molecule has 44 heavy (non-hydrogen) atoms. The molecule has 0 N–H and O–H groups in total. The molecule has 5 rings (SSSR count). The van der Waals surface area contributed by atoms with Crippen LogP contribution in [0.2, 0.25) is 0 Å². The highest BCUT2D eigenvalue weighted by Gasteiger charge is 2.39. The number of carbonyl (C=O) groups excluding carboxylic acids is 2. The van der Waals surface area contributed by atoms with Gasteiger partial charge in [-0.15, -0.1) is 10.2 Å². The lowest BCUT2D eigenvalue weighted by molar-refractivity contribution is -0.111. The Labute approximate surface area is 252 Å². The van der Waals surface area contributed by atoms with Gasteiger partial charge in [0.1, 0.15) is 24.3 Å². The fourth-order valence-electron chi connectivity index (χ4n) is 4.66. The van der Waals surface area contributed by atoms with Crippen LogP contribution in [0, 0.1) is 45.3 Å². The number of Topliss-reactive ketones (excluding diaryl/α,β-unsaturated/α-hetero) is 2. The van der Waals surface area contributed by atoms with E-state index in [1.807, 2.05) is 24.3 Å². The Hall–Kier alpha value is -7.02. The molecule has 0 saturated heterocycles. The Morgan fingerprint density at radius 2 is 0.886 bits per heavy atom. The van der Waals surface area contributed by atoms with Crippen LogP contribution in [-0.4, -0.2) is 23.2 Å². The third-order valence-electron chi connectivity index (χ3n) is 6.51. The number of ketones is 2. The number of hydrogen-bond acceptors (Lipinski definition) is 12. The summed E-state index contributed by atoms with van der Waals surface area (Å²) in [6, 6.07) is 31.5. The van der Waals surface area contributed by atoms with Gasteiger partial charge in [0.15, 0.2) is 34.4 Å². The van der Waals surface area contributed by atoms with Gasteiger partial charge in [0, 0.05) is 25.2 Å². The van der Waals surface area contributed by atoms with Crippen molar-refractivity contribution in [3.63, 3.8) is 0 Å². The first kappa shape index (κ1) is 28.5. The summed E-state index contributed by atoms with van der Waals surface area (Å²) in [4.78, 5) is 28.4. The zero-order chi connectivity index (χ0) is 31.4. The van der Waals surface area contributed by atoms with Crippen molar-refractivity contribution < 1.29 is 9.59 Å². The van der Waals surface area contributed by atoms with Crippen LogP contribution >= 0.6 is 0 Å². The first-order valence-electron chi connectivity index (χ1n) is 13.0. The predicted molar refractivity (Wildman–Crippen MR) is 162 cm³/mol. The van der Waals surface area contributed by atoms with Crippen LogP contribution in [0.4, 0.5) is 22.7 Å². The minimum atomic E-state index is -0.410. The summed E-state index contributed by atoms with van der Waals surface area (Å²) in [5.74, 6) is -0.795. The van der Waals surface area contributed by atoms with Crippen LogP contribution in [0.15, 0.2) is 118 Å². The topological polar surface area (TPSA) is 167 Å². The molecule has 3 aromatic rings. The number of carbonyl (C=O) groups is 2. The van der Waals surface area contributed by atoms with Gasteiger partial charge in [-0.1, -0.05) is 42.5 Å². The number of hydrogen-bond donors (Lipinski definition) is 0. The van der Waals surface area contributed by atoms with E-state index in [1.54, 1.807) is 84.9 Å². The molecule has 2 aliphatic heterocycles. The molecule has 0 unspecified atom stereocenters. The number of hydrazone groups is 2. The molecule has 0 saturated carbocycles. The molecule has 0 atom stereocenters. The van der Waals surface area contributed by atoms with Gasteiger partial charge in [0.2, 0.25) is 11.7 Å². The Morgan fingerprint density at radius 3 is 1.20 bits per heavy atom. The summed E-state index contributed by atoms with van der Waals surface area (Å²) in [7, 11) is 0. The molecule has 0 bridgehead atoms. The van der Waals surface area contributed by atoms with Crippen LogP contribution in [0.3, 0.4) is 0 Å². The van der Waals surface area contributed by atoms with Crippen molar-refractivity contribution in [2.75, 3.05) is 19.8 Å². The molecule has 0 aliphatic carbocycles. The van der Waals surface area contributed by atoms with Crippen molar-refractivity contribution in [2.24, 2.45) is 10.2 Å². The van der Waals surface area contributed by atoms with Gasteiger partial charge >= 0.3 is 0 Å². The lowest BCUT2D eigenvalue weighted by atomic mass is 10.2. The minimum absolute atomic E-state index is 0.0234. The molecule has 0 aromatic heterocycles. The SMILES string of the molecule is CC(=O)C1=NN(c2cccc(N3N=C(C(C)=O)N(c4ccccc4)C3=C(C#N)C#N)c2)C(=C(C#N)C#N)N1c1ccccc1. The summed E-state index contributed by atoms with van der Waals surface area (Å²) in [5.41, 5.74) is 1.05. The fourth-order valence-corrected chi connectivity index (χ4v) is 4.66. The van der Waals surface area contributed by atoms with Crippen molar-refractivity contribution in [2.45, 2.75) is 13.8 Å². The van der Waals surface area contributed by atoms with E-state index < -0.39 is 11.6 Å². The Morgan fingerprint density at radius 1 is 0.545 bits per heavy atom. The standard InChI is InChI=1S/C32H20N10O2/c1-21(43)29-37-41(31(23(17-33)18-34)39(29)25-10-5-3-6-11-25)27-14-9-15-28(16-27)42-32(24(19-35)20-36)40(30(38-42)22(2)44)26-12-7-4-8-13-26/h3-16H,1-2H3. The van der Waals surface area contributed by atoms with Gasteiger partial charge in [-0.05, 0) is 42.5 Å². The summed E-state index contributed by atoms with van der Waals surface area (Å²) < 4.78 is 0. The monoisotopic (exact) mass is 576 g/mol. The van der Waals surface area contributed by atoms with E-state index in [0.29, 0.717) is 22.7 Å². The second kappa shape index (κ2) is 11.8. The average Bonchev–Trinajstić information content (AvgIpc) is 3.64. The zero-order valence-electron chi connectivity index (χ0n) is 23.4. The molecular weight excluding hydrogens is 556 g/mol. The summed E-state index contributed by atoms with van der Waals surface area (Å²) in [6.07, 6.45) is 0. The average molecular weight is 577 g/mol. The number of allylic oxidation sites excluding steroid dienone is 2. The zero-order valence-corrected chi connectivity index (χ0v) is 23.4. The highest BCUT2D eigenvalue weighted by Crippen LogP contribution is 2.39. The van der Waals surface area contributed by atoms with E-state index in [9.17, 15) is 30.6 Å². The van der Waals surface area contributed by atoms with Crippen LogP contribution in [0.5, 0.6) is 0 Å². The number of benzene rings is 3. The number of rotatable bonds is 6. The quantitative estimate of drug-likeness (QED) is 0.376. The van der Waals surface area contributed by atoms with E-state index in [-0.39, 0.29) is 34.5 Å². The van der Waals surface area contributed by atoms with E-state index in [4.69, 9.17) is 0 Å². The number of anilines is 4. The van der Waals surface area contributed by atoms with Crippen LogP contribution < -0.4 is 19.8 Å². The minimum Gasteiger partial charge on any atom is -0.291 e. The second-order valence-electron chi connectivity index (χ2n) is 9.29. The molecule has 210 valence electrons. The van der Waals surface area contributed by atoms with Crippen molar-refractivity contribution in [1.29, 1.82) is 21.0 Å². The molecule has 0 fully saturated rings. The number of amidine groups is 2. The lowest BCUT2D eigenvalue weighted by Gasteiger charge is -2.26. The highest BCUT2D eigenvalue weighted by molar-refractivity contribution is 6.45. The molecule has 2 aliphatic rings. The molecule has 0 amide bonds. The van der Waals surface area contributed by atoms with Gasteiger partial charge in [-0.25, -0.2) is 10.0 Å². The van der Waals surface area contributed by atoms with Gasteiger partial charge in [0.25, 0.3) is 0 Å². The van der Waals surface area contributed by atoms with Gasteiger partial charge in [0.05, 0.1) is 11.4 Å². The fraction of sp³-hybridized carbons (Fsp3) is 0.0625. The normalized spacial score (nSPS) is 13.8. The lowest BCUT2D eigenvalue weighted by Crippen LogP contribution is -2.33. The van der Waals surface area contributed by atoms with E-state index in [2.05, 4.69) is 10.2 Å². The van der Waals surface area contributed by atoms with E-state index in [0.717, 1.165) is 0 Å². The maximum Gasteiger partial charge on any atom is 0.203 e. The van der Waals surface area contributed by atoms with E-state index >= 15 is 0 Å².